The lowest BCUT2D eigenvalue weighted by Gasteiger charge is -2.23. The first-order chi connectivity index (χ1) is 16.0. The highest BCUT2D eigenvalue weighted by Crippen LogP contribution is 2.31. The number of aliphatic imine (C=N–C) groups is 1. The summed E-state index contributed by atoms with van der Waals surface area (Å²) in [5, 5.41) is 9.58. The molecule has 1 amide bonds. The summed E-state index contributed by atoms with van der Waals surface area (Å²) in [4.78, 5) is 21.9. The Balaban J connectivity index is 1.41. The molecule has 4 rings (SSSR count). The van der Waals surface area contributed by atoms with Crippen LogP contribution in [0.3, 0.4) is 0 Å². The smallest absolute Gasteiger partial charge is 0.282 e. The predicted octanol–water partition coefficient (Wildman–Crippen LogP) is 4.38. The number of fused-ring (bicyclic) bond motifs is 1. The number of amides is 1. The van der Waals surface area contributed by atoms with Crippen molar-refractivity contribution in [3.63, 3.8) is 0 Å². The molecular weight excluding hydrogens is 422 g/mol. The van der Waals surface area contributed by atoms with Gasteiger partial charge in [-0.1, -0.05) is 24.3 Å². The van der Waals surface area contributed by atoms with E-state index < -0.39 is 5.91 Å². The van der Waals surface area contributed by atoms with E-state index in [1.54, 1.807) is 37.3 Å². The maximum absolute atomic E-state index is 12.5. The van der Waals surface area contributed by atoms with Crippen LogP contribution in [0.1, 0.15) is 25.8 Å². The van der Waals surface area contributed by atoms with Gasteiger partial charge in [-0.15, -0.1) is 5.06 Å². The van der Waals surface area contributed by atoms with E-state index in [2.05, 4.69) is 4.99 Å². The molecule has 0 atom stereocenters. The van der Waals surface area contributed by atoms with E-state index in [0.29, 0.717) is 54.9 Å². The van der Waals surface area contributed by atoms with Crippen molar-refractivity contribution < 1.29 is 23.8 Å². The fourth-order valence-corrected chi connectivity index (χ4v) is 3.32. The molecule has 0 bridgehead atoms. The third-order valence-electron chi connectivity index (χ3n) is 4.82. The fourth-order valence-electron chi connectivity index (χ4n) is 3.32. The lowest BCUT2D eigenvalue weighted by Crippen LogP contribution is -2.38. The van der Waals surface area contributed by atoms with Crippen LogP contribution in [0.2, 0.25) is 0 Å². The molecule has 0 fully saturated rings. The van der Waals surface area contributed by atoms with Gasteiger partial charge < -0.3 is 19.0 Å². The topological polar surface area (TPSA) is 93.4 Å². The van der Waals surface area contributed by atoms with Gasteiger partial charge in [-0.3, -0.25) is 10.2 Å². The first-order valence-corrected chi connectivity index (χ1v) is 10.7. The normalized spacial score (nSPS) is 16.2. The predicted molar refractivity (Wildman–Crippen MR) is 124 cm³/mol. The number of hydrogen-bond donors (Lipinski definition) is 1. The third kappa shape index (κ3) is 5.23. The van der Waals surface area contributed by atoms with E-state index in [1.165, 1.54) is 5.06 Å². The number of nitrogens with zero attached hydrogens (tertiary/aromatic N) is 2. The Bertz CT molecular complexity index is 1140. The van der Waals surface area contributed by atoms with Gasteiger partial charge in [0.2, 0.25) is 0 Å². The van der Waals surface area contributed by atoms with Gasteiger partial charge >= 0.3 is 0 Å². The summed E-state index contributed by atoms with van der Waals surface area (Å²) >= 11 is 0. The quantitative estimate of drug-likeness (QED) is 0.453. The van der Waals surface area contributed by atoms with E-state index in [9.17, 15) is 4.79 Å². The van der Waals surface area contributed by atoms with Gasteiger partial charge in [-0.05, 0) is 49.8 Å². The Morgan fingerprint density at radius 1 is 1.06 bits per heavy atom. The molecule has 2 aliphatic rings. The Morgan fingerprint density at radius 2 is 1.85 bits per heavy atom. The van der Waals surface area contributed by atoms with E-state index in [0.717, 1.165) is 5.75 Å². The maximum Gasteiger partial charge on any atom is 0.282 e. The van der Waals surface area contributed by atoms with Crippen molar-refractivity contribution in [1.29, 1.82) is 5.41 Å². The van der Waals surface area contributed by atoms with Crippen molar-refractivity contribution >= 4 is 23.7 Å². The highest BCUT2D eigenvalue weighted by molar-refractivity contribution is 6.32. The average Bonchev–Trinajstić information content (AvgIpc) is 3.18. The summed E-state index contributed by atoms with van der Waals surface area (Å²) in [7, 11) is 0. The molecule has 1 N–H and O–H groups in total. The van der Waals surface area contributed by atoms with Crippen molar-refractivity contribution in [2.45, 2.75) is 20.3 Å². The van der Waals surface area contributed by atoms with Crippen LogP contribution in [0.5, 0.6) is 17.2 Å². The van der Waals surface area contributed by atoms with Gasteiger partial charge in [0, 0.05) is 12.5 Å². The first kappa shape index (κ1) is 22.1. The zero-order valence-corrected chi connectivity index (χ0v) is 18.5. The van der Waals surface area contributed by atoms with Crippen molar-refractivity contribution in [1.82, 2.24) is 5.06 Å². The molecule has 33 heavy (non-hydrogen) atoms. The van der Waals surface area contributed by atoms with Crippen molar-refractivity contribution in [3.05, 3.63) is 71.5 Å². The minimum Gasteiger partial charge on any atom is -0.493 e. The molecule has 170 valence electrons. The van der Waals surface area contributed by atoms with Gasteiger partial charge in [0.05, 0.1) is 25.4 Å². The summed E-state index contributed by atoms with van der Waals surface area (Å²) in [6.07, 6.45) is 3.93. The van der Waals surface area contributed by atoms with Crippen LogP contribution in [0.4, 0.5) is 0 Å². The molecule has 2 aromatic rings. The van der Waals surface area contributed by atoms with Gasteiger partial charge in [-0.2, -0.15) is 4.99 Å². The van der Waals surface area contributed by atoms with E-state index >= 15 is 0 Å². The number of hydroxylamine groups is 2. The molecule has 2 aromatic carbocycles. The Kier molecular flexibility index (Phi) is 6.73. The number of para-hydroxylation sites is 1. The van der Waals surface area contributed by atoms with Gasteiger partial charge in [0.1, 0.15) is 11.5 Å². The number of hydrogen-bond acceptors (Lipinski definition) is 6. The van der Waals surface area contributed by atoms with Crippen LogP contribution >= 0.6 is 0 Å². The average molecular weight is 447 g/mol. The number of rotatable bonds is 9. The number of nitrogens with one attached hydrogen (secondary N) is 1. The number of amidine groups is 2. The van der Waals surface area contributed by atoms with Crippen LogP contribution in [0.25, 0.3) is 6.08 Å². The van der Waals surface area contributed by atoms with Gasteiger partial charge in [0.25, 0.3) is 5.91 Å². The van der Waals surface area contributed by atoms with Crippen molar-refractivity contribution in [2.75, 3.05) is 19.8 Å². The second kappa shape index (κ2) is 10.0. The molecule has 0 unspecified atom stereocenters. The van der Waals surface area contributed by atoms with Crippen LogP contribution in [0.15, 0.2) is 70.9 Å². The van der Waals surface area contributed by atoms with Crippen LogP contribution in [0, 0.1) is 5.41 Å². The second-order valence-electron chi connectivity index (χ2n) is 7.33. The van der Waals surface area contributed by atoms with E-state index in [1.807, 2.05) is 37.3 Å². The molecule has 8 nitrogen and oxygen atoms in total. The molecule has 0 aliphatic carbocycles. The molecular formula is C25H25N3O5. The number of carbonyl (C=O) groups excluding carboxylic acids is 1. The lowest BCUT2D eigenvalue weighted by molar-refractivity contribution is -0.114. The largest absolute Gasteiger partial charge is 0.493 e. The summed E-state index contributed by atoms with van der Waals surface area (Å²) in [6.45, 7) is 5.09. The zero-order valence-electron chi connectivity index (χ0n) is 18.5. The van der Waals surface area contributed by atoms with Gasteiger partial charge in [0.15, 0.2) is 23.2 Å². The van der Waals surface area contributed by atoms with E-state index in [4.69, 9.17) is 24.5 Å². The Labute approximate surface area is 192 Å². The second-order valence-corrected chi connectivity index (χ2v) is 7.33. The zero-order chi connectivity index (χ0) is 23.2. The highest BCUT2D eigenvalue weighted by Gasteiger charge is 2.34. The third-order valence-corrected chi connectivity index (χ3v) is 4.82. The monoisotopic (exact) mass is 447 g/mol. The SMILES string of the molecule is CCOc1cc(/C=C2/C(=N)N3OC(C)=CC3=NC2=O)ccc1OCCCOc1ccccc1. The van der Waals surface area contributed by atoms with Crippen LogP contribution in [-0.4, -0.2) is 42.5 Å². The summed E-state index contributed by atoms with van der Waals surface area (Å²) in [6, 6.07) is 15.0. The first-order valence-electron chi connectivity index (χ1n) is 10.7. The van der Waals surface area contributed by atoms with Crippen LogP contribution < -0.4 is 14.2 Å². The number of benzene rings is 2. The highest BCUT2D eigenvalue weighted by atomic mass is 16.7. The van der Waals surface area contributed by atoms with Crippen molar-refractivity contribution in [2.24, 2.45) is 4.99 Å². The number of carbonyl (C=O) groups is 1. The molecule has 8 heteroatoms. The molecule has 0 radical (unpaired) electrons. The number of allylic oxidation sites excluding steroid dienone is 1. The minimum absolute atomic E-state index is 0.0604. The molecule has 0 aromatic heterocycles. The standard InChI is InChI=1S/C25H25N3O5/c1-3-30-22-16-18(15-20-24(26)28-23(27-25(20)29)14-17(2)33-28)10-11-21(22)32-13-7-12-31-19-8-5-4-6-9-19/h4-6,8-11,14-16,26H,3,7,12-13H2,1-2H3/b20-15-,26-24?. The molecule has 0 spiro atoms. The molecule has 2 aliphatic heterocycles. The fraction of sp³-hybridized carbons (Fsp3) is 0.240. The van der Waals surface area contributed by atoms with E-state index in [-0.39, 0.29) is 11.4 Å². The summed E-state index contributed by atoms with van der Waals surface area (Å²) < 4.78 is 17.3. The molecule has 0 saturated heterocycles. The lowest BCUT2D eigenvalue weighted by atomic mass is 10.1. The van der Waals surface area contributed by atoms with Crippen LogP contribution in [-0.2, 0) is 9.63 Å². The maximum atomic E-state index is 12.5. The van der Waals surface area contributed by atoms with Crippen molar-refractivity contribution in [3.8, 4) is 17.2 Å². The minimum atomic E-state index is -0.488. The Hall–Kier alpha value is -4.07. The molecule has 2 heterocycles. The van der Waals surface area contributed by atoms with Gasteiger partial charge in [-0.25, -0.2) is 0 Å². The summed E-state index contributed by atoms with van der Waals surface area (Å²) in [5.74, 6) is 2.33. The summed E-state index contributed by atoms with van der Waals surface area (Å²) in [5.41, 5.74) is 0.824. The molecule has 0 saturated carbocycles. The Morgan fingerprint density at radius 3 is 2.64 bits per heavy atom. The number of ether oxygens (including phenoxy) is 3.